The molecule has 0 spiro atoms. The molecule has 1 fully saturated rings. The maximum Gasteiger partial charge on any atom is 0.330 e. The average molecular weight is 563 g/mol. The molecule has 2 aromatic rings. The molecule has 9 heteroatoms. The van der Waals surface area contributed by atoms with E-state index >= 15 is 0 Å². The highest BCUT2D eigenvalue weighted by Gasteiger charge is 2.36. The fraction of sp³-hybridized carbons (Fsp3) is 0.409. The third-order valence-corrected chi connectivity index (χ3v) is 5.45. The Morgan fingerprint density at radius 2 is 1.45 bits per heavy atom. The minimum atomic E-state index is -0.662. The van der Waals surface area contributed by atoms with E-state index in [1.165, 1.54) is 29.3 Å². The Labute approximate surface area is 196 Å². The zero-order valence-electron chi connectivity index (χ0n) is 17.3. The van der Waals surface area contributed by atoms with E-state index in [1.54, 1.807) is 32.9 Å². The summed E-state index contributed by atoms with van der Waals surface area (Å²) in [5, 5.41) is 1.52. The number of piperidine rings is 1. The number of hydroxylamine groups is 2. The van der Waals surface area contributed by atoms with Crippen LogP contribution < -0.4 is 9.47 Å². The summed E-state index contributed by atoms with van der Waals surface area (Å²) in [4.78, 5) is 17.8. The molecule has 1 saturated heterocycles. The second-order valence-corrected chi connectivity index (χ2v) is 10.2. The summed E-state index contributed by atoms with van der Waals surface area (Å²) in [5.74, 6) is -0.621. The van der Waals surface area contributed by atoms with Crippen LogP contribution in [0.3, 0.4) is 0 Å². The van der Waals surface area contributed by atoms with Crippen LogP contribution in [0, 0.1) is 17.0 Å². The Morgan fingerprint density at radius 3 is 1.94 bits per heavy atom. The lowest BCUT2D eigenvalue weighted by atomic mass is 9.98. The Hall–Kier alpha value is -1.71. The standard InChI is InChI=1S/C22H23Br2F2NO4/c1-22(2,3)21(28)31-27-5-4-19(29-17-8-13(23)6-15(25)10-17)20(12-27)30-18-9-14(24)7-16(26)11-18/h6-11,19-20H,4-5,12H2,1-3H3. The number of carbonyl (C=O) groups is 1. The largest absolute Gasteiger partial charge is 0.486 e. The highest BCUT2D eigenvalue weighted by atomic mass is 79.9. The van der Waals surface area contributed by atoms with Crippen LogP contribution in [-0.4, -0.2) is 36.3 Å². The lowest BCUT2D eigenvalue weighted by Crippen LogP contribution is -2.52. The SMILES string of the molecule is CC(C)(C)C(=O)ON1CCC(Oc2cc(F)cc(Br)c2)C(Oc2cc(F)cc(Br)c2)C1. The number of benzene rings is 2. The molecule has 3 rings (SSSR count). The van der Waals surface area contributed by atoms with Crippen LogP contribution in [0.5, 0.6) is 11.5 Å². The number of hydrogen-bond donors (Lipinski definition) is 0. The van der Waals surface area contributed by atoms with Crippen molar-refractivity contribution in [3.8, 4) is 11.5 Å². The predicted molar refractivity (Wildman–Crippen MR) is 119 cm³/mol. The summed E-state index contributed by atoms with van der Waals surface area (Å²) in [6.07, 6.45) is -0.621. The van der Waals surface area contributed by atoms with Gasteiger partial charge in [-0.15, -0.1) is 5.06 Å². The van der Waals surface area contributed by atoms with Gasteiger partial charge in [0.1, 0.15) is 29.2 Å². The lowest BCUT2D eigenvalue weighted by molar-refractivity contribution is -0.216. The maximum absolute atomic E-state index is 13.8. The van der Waals surface area contributed by atoms with E-state index < -0.39 is 29.3 Å². The zero-order valence-corrected chi connectivity index (χ0v) is 20.5. The van der Waals surface area contributed by atoms with Crippen LogP contribution in [0.1, 0.15) is 27.2 Å². The molecule has 1 aliphatic heterocycles. The van der Waals surface area contributed by atoms with E-state index in [4.69, 9.17) is 14.3 Å². The summed E-state index contributed by atoms with van der Waals surface area (Å²) >= 11 is 6.51. The smallest absolute Gasteiger partial charge is 0.330 e. The molecule has 168 valence electrons. The van der Waals surface area contributed by atoms with Crippen molar-refractivity contribution in [3.05, 3.63) is 57.0 Å². The minimum absolute atomic E-state index is 0.205. The summed E-state index contributed by atoms with van der Waals surface area (Å²) in [7, 11) is 0. The molecule has 0 bridgehead atoms. The highest BCUT2D eigenvalue weighted by Crippen LogP contribution is 2.29. The van der Waals surface area contributed by atoms with Gasteiger partial charge >= 0.3 is 5.97 Å². The van der Waals surface area contributed by atoms with Gasteiger partial charge in [0, 0.05) is 34.0 Å². The third-order valence-electron chi connectivity index (χ3n) is 4.53. The van der Waals surface area contributed by atoms with Crippen molar-refractivity contribution in [3.63, 3.8) is 0 Å². The van der Waals surface area contributed by atoms with Gasteiger partial charge in [-0.3, -0.25) is 0 Å². The molecule has 0 saturated carbocycles. The first-order valence-electron chi connectivity index (χ1n) is 9.72. The molecule has 5 nitrogen and oxygen atoms in total. The van der Waals surface area contributed by atoms with Crippen molar-refractivity contribution >= 4 is 37.8 Å². The second kappa shape index (κ2) is 9.83. The van der Waals surface area contributed by atoms with Crippen LogP contribution in [-0.2, 0) is 9.63 Å². The first-order valence-corrected chi connectivity index (χ1v) is 11.3. The van der Waals surface area contributed by atoms with Crippen molar-refractivity contribution in [1.82, 2.24) is 5.06 Å². The van der Waals surface area contributed by atoms with Crippen molar-refractivity contribution < 1.29 is 27.9 Å². The quantitative estimate of drug-likeness (QED) is 0.454. The molecule has 0 N–H and O–H groups in total. The maximum atomic E-state index is 13.8. The molecule has 2 atom stereocenters. The molecule has 2 unspecified atom stereocenters. The van der Waals surface area contributed by atoms with Gasteiger partial charge in [-0.1, -0.05) is 31.9 Å². The van der Waals surface area contributed by atoms with Crippen LogP contribution in [0.2, 0.25) is 0 Å². The summed E-state index contributed by atoms with van der Waals surface area (Å²) < 4.78 is 40.7. The topological polar surface area (TPSA) is 48.0 Å². The van der Waals surface area contributed by atoms with Crippen molar-refractivity contribution in [2.24, 2.45) is 5.41 Å². The van der Waals surface area contributed by atoms with E-state index in [0.717, 1.165) is 0 Å². The summed E-state index contributed by atoms with van der Waals surface area (Å²) in [6.45, 7) is 5.93. The molecule has 2 aromatic carbocycles. The molecule has 1 aliphatic rings. The summed E-state index contributed by atoms with van der Waals surface area (Å²) in [6, 6.07) is 8.50. The lowest BCUT2D eigenvalue weighted by Gasteiger charge is -2.38. The first kappa shape index (κ1) is 23.9. The highest BCUT2D eigenvalue weighted by molar-refractivity contribution is 9.10. The van der Waals surface area contributed by atoms with Gasteiger partial charge in [-0.05, 0) is 45.0 Å². The zero-order chi connectivity index (χ0) is 22.8. The van der Waals surface area contributed by atoms with Crippen molar-refractivity contribution in [2.75, 3.05) is 13.1 Å². The van der Waals surface area contributed by atoms with Gasteiger partial charge in [-0.2, -0.15) is 0 Å². The Kier molecular flexibility index (Phi) is 7.59. The third kappa shape index (κ3) is 6.89. The van der Waals surface area contributed by atoms with E-state index in [9.17, 15) is 13.6 Å². The molecule has 1 heterocycles. The molecule has 31 heavy (non-hydrogen) atoms. The normalized spacial score (nSPS) is 19.7. The van der Waals surface area contributed by atoms with Gasteiger partial charge in [0.25, 0.3) is 0 Å². The van der Waals surface area contributed by atoms with E-state index in [0.29, 0.717) is 33.4 Å². The van der Waals surface area contributed by atoms with Gasteiger partial charge in [0.05, 0.1) is 12.0 Å². The van der Waals surface area contributed by atoms with Crippen LogP contribution >= 0.6 is 31.9 Å². The second-order valence-electron chi connectivity index (χ2n) is 8.33. The molecule has 0 aromatic heterocycles. The van der Waals surface area contributed by atoms with Gasteiger partial charge in [0.2, 0.25) is 0 Å². The Bertz CT molecular complexity index is 911. The number of ether oxygens (including phenoxy) is 2. The number of hydrogen-bond acceptors (Lipinski definition) is 5. The van der Waals surface area contributed by atoms with Crippen LogP contribution in [0.25, 0.3) is 0 Å². The fourth-order valence-electron chi connectivity index (χ4n) is 2.99. The molecule has 0 radical (unpaired) electrons. The van der Waals surface area contributed by atoms with Gasteiger partial charge in [-0.25, -0.2) is 13.6 Å². The summed E-state index contributed by atoms with van der Waals surface area (Å²) in [5.41, 5.74) is -0.662. The molecular weight excluding hydrogens is 540 g/mol. The van der Waals surface area contributed by atoms with E-state index in [2.05, 4.69) is 31.9 Å². The van der Waals surface area contributed by atoms with E-state index in [1.807, 2.05) is 0 Å². The molecular formula is C22H23Br2F2NO4. The van der Waals surface area contributed by atoms with Crippen LogP contribution in [0.4, 0.5) is 8.78 Å². The number of carbonyl (C=O) groups excluding carboxylic acids is 1. The average Bonchev–Trinajstić information content (AvgIpc) is 2.61. The fourth-order valence-corrected chi connectivity index (χ4v) is 3.88. The number of halogens is 4. The molecule has 0 amide bonds. The monoisotopic (exact) mass is 561 g/mol. The predicted octanol–water partition coefficient (Wildman–Crippen LogP) is 5.89. The Balaban J connectivity index is 1.80. The number of rotatable bonds is 5. The van der Waals surface area contributed by atoms with Gasteiger partial charge < -0.3 is 14.3 Å². The van der Waals surface area contributed by atoms with Crippen molar-refractivity contribution in [2.45, 2.75) is 39.4 Å². The molecule has 0 aliphatic carbocycles. The van der Waals surface area contributed by atoms with E-state index in [-0.39, 0.29) is 12.5 Å². The minimum Gasteiger partial charge on any atom is -0.486 e. The van der Waals surface area contributed by atoms with Crippen molar-refractivity contribution in [1.29, 1.82) is 0 Å². The van der Waals surface area contributed by atoms with Gasteiger partial charge in [0.15, 0.2) is 6.10 Å². The first-order chi connectivity index (χ1) is 14.5. The Morgan fingerprint density at radius 1 is 0.935 bits per heavy atom. The van der Waals surface area contributed by atoms with Crippen LogP contribution in [0.15, 0.2) is 45.3 Å². The number of nitrogens with zero attached hydrogens (tertiary/aromatic N) is 1.